The number of sulfonamides is 1. The Balaban J connectivity index is 1.98. The minimum absolute atomic E-state index is 0.105. The third-order valence-electron chi connectivity index (χ3n) is 3.78. The zero-order valence-electron chi connectivity index (χ0n) is 13.4. The van der Waals surface area contributed by atoms with E-state index in [0.29, 0.717) is 19.7 Å². The average Bonchev–Trinajstić information content (AvgIpc) is 2.54. The average molecular weight is 377 g/mol. The first-order chi connectivity index (χ1) is 11.3. The fourth-order valence-corrected chi connectivity index (χ4v) is 3.07. The maximum atomic E-state index is 12.3. The molecule has 2 amide bonds. The number of carbonyl (C=O) groups is 1. The molecule has 0 radical (unpaired) electrons. The lowest BCUT2D eigenvalue weighted by Gasteiger charge is -2.34. The summed E-state index contributed by atoms with van der Waals surface area (Å²) in [4.78, 5) is 16.1. The Kier molecular flexibility index (Phi) is 6.41. The molecule has 0 atom stereocenters. The summed E-state index contributed by atoms with van der Waals surface area (Å²) in [6.07, 6.45) is 0. The number of carbonyl (C=O) groups excluding carboxylic acids is 1. The van der Waals surface area contributed by atoms with Crippen molar-refractivity contribution in [2.75, 3.05) is 51.8 Å². The van der Waals surface area contributed by atoms with E-state index in [0.717, 1.165) is 19.6 Å². The zero-order valence-corrected chi connectivity index (χ0v) is 14.9. The van der Waals surface area contributed by atoms with E-state index in [9.17, 15) is 13.2 Å². The van der Waals surface area contributed by atoms with Crippen LogP contribution in [0.25, 0.3) is 0 Å². The molecule has 0 saturated carbocycles. The number of halogens is 1. The number of benzene rings is 1. The van der Waals surface area contributed by atoms with E-state index < -0.39 is 10.0 Å². The molecule has 0 bridgehead atoms. The number of anilines is 1. The van der Waals surface area contributed by atoms with Crippen LogP contribution >= 0.6 is 11.6 Å². The van der Waals surface area contributed by atoms with Crippen LogP contribution in [0.2, 0.25) is 5.02 Å². The second kappa shape index (κ2) is 8.13. The molecule has 1 aromatic carbocycles. The molecule has 1 saturated heterocycles. The Morgan fingerprint density at radius 1 is 1.33 bits per heavy atom. The Labute approximate surface area is 146 Å². The highest BCUT2D eigenvalue weighted by atomic mass is 35.5. The fraction of sp³-hybridized carbons (Fsp3) is 0.500. The Hall–Kier alpha value is -1.39. The lowest BCUT2D eigenvalue weighted by molar-refractivity contribution is 0.109. The van der Waals surface area contributed by atoms with Gasteiger partial charge in [0.2, 0.25) is 10.0 Å². The summed E-state index contributed by atoms with van der Waals surface area (Å²) >= 11 is 6.02. The fourth-order valence-electron chi connectivity index (χ4n) is 2.37. The van der Waals surface area contributed by atoms with Crippen molar-refractivity contribution in [3.05, 3.63) is 23.2 Å². The predicted molar refractivity (Wildman–Crippen MR) is 91.7 cm³/mol. The number of urea groups is 1. The number of hydrogen-bond acceptors (Lipinski definition) is 5. The van der Waals surface area contributed by atoms with Crippen molar-refractivity contribution in [1.82, 2.24) is 9.80 Å². The van der Waals surface area contributed by atoms with Crippen LogP contribution in [0.15, 0.2) is 23.1 Å². The summed E-state index contributed by atoms with van der Waals surface area (Å²) in [6, 6.07) is 3.61. The third-order valence-corrected chi connectivity index (χ3v) is 5.02. The van der Waals surface area contributed by atoms with Crippen LogP contribution in [0.3, 0.4) is 0 Å². The molecule has 8 nitrogen and oxygen atoms in total. The first kappa shape index (κ1) is 18.9. The molecule has 1 aliphatic heterocycles. The lowest BCUT2D eigenvalue weighted by atomic mass is 10.3. The van der Waals surface area contributed by atoms with Crippen molar-refractivity contribution in [3.8, 4) is 0 Å². The molecule has 2 rings (SSSR count). The van der Waals surface area contributed by atoms with Crippen LogP contribution < -0.4 is 10.5 Å². The van der Waals surface area contributed by atoms with Gasteiger partial charge in [-0.3, -0.25) is 4.90 Å². The molecule has 0 aromatic heterocycles. The molecular formula is C14H21ClN4O4S. The number of nitrogens with two attached hydrogens (primary N) is 1. The molecular weight excluding hydrogens is 356 g/mol. The van der Waals surface area contributed by atoms with Gasteiger partial charge in [-0.15, -0.1) is 0 Å². The largest absolute Gasteiger partial charge is 0.383 e. The van der Waals surface area contributed by atoms with E-state index in [2.05, 4.69) is 10.2 Å². The number of amides is 2. The first-order valence-corrected chi connectivity index (χ1v) is 9.33. The van der Waals surface area contributed by atoms with Crippen LogP contribution in [0.1, 0.15) is 0 Å². The maximum absolute atomic E-state index is 12.3. The topological polar surface area (TPSA) is 105 Å². The molecule has 1 aliphatic rings. The summed E-state index contributed by atoms with van der Waals surface area (Å²) in [6.45, 7) is 4.13. The number of methoxy groups -OCH3 is 1. The normalized spacial score (nSPS) is 16.2. The molecule has 24 heavy (non-hydrogen) atoms. The summed E-state index contributed by atoms with van der Waals surface area (Å²) in [5, 5.41) is 7.98. The van der Waals surface area contributed by atoms with Crippen molar-refractivity contribution in [2.24, 2.45) is 5.14 Å². The van der Waals surface area contributed by atoms with Crippen molar-refractivity contribution < 1.29 is 17.9 Å². The molecule has 10 heteroatoms. The number of hydrogen-bond donors (Lipinski definition) is 2. The number of rotatable bonds is 5. The Bertz CT molecular complexity index is 690. The Morgan fingerprint density at radius 3 is 2.58 bits per heavy atom. The number of piperazine rings is 1. The van der Waals surface area contributed by atoms with Crippen molar-refractivity contribution in [3.63, 3.8) is 0 Å². The number of nitrogens with zero attached hydrogens (tertiary/aromatic N) is 2. The molecule has 1 fully saturated rings. The van der Waals surface area contributed by atoms with E-state index in [-0.39, 0.29) is 21.6 Å². The van der Waals surface area contributed by atoms with E-state index in [1.165, 1.54) is 18.2 Å². The monoisotopic (exact) mass is 376 g/mol. The maximum Gasteiger partial charge on any atom is 0.321 e. The van der Waals surface area contributed by atoms with Gasteiger partial charge in [0.15, 0.2) is 0 Å². The van der Waals surface area contributed by atoms with Gasteiger partial charge >= 0.3 is 6.03 Å². The van der Waals surface area contributed by atoms with Crippen LogP contribution in [0, 0.1) is 0 Å². The van der Waals surface area contributed by atoms with Crippen LogP contribution in [-0.4, -0.2) is 70.7 Å². The van der Waals surface area contributed by atoms with E-state index in [1.54, 1.807) is 12.0 Å². The van der Waals surface area contributed by atoms with Crippen LogP contribution in [0.4, 0.5) is 10.5 Å². The van der Waals surface area contributed by atoms with Gasteiger partial charge in [0.05, 0.1) is 22.2 Å². The standard InChI is InChI=1S/C14H21ClN4O4S/c1-23-9-8-18-4-6-19(7-5-18)14(20)17-13-10-11(24(16,21)22)2-3-12(13)15/h2-3,10H,4-9H2,1H3,(H,17,20)(H2,16,21,22). The third kappa shape index (κ3) is 5.05. The molecule has 1 heterocycles. The molecule has 134 valence electrons. The van der Waals surface area contributed by atoms with Gasteiger partial charge < -0.3 is 15.0 Å². The van der Waals surface area contributed by atoms with Gasteiger partial charge in [0.25, 0.3) is 0 Å². The van der Waals surface area contributed by atoms with E-state index >= 15 is 0 Å². The van der Waals surface area contributed by atoms with Gasteiger partial charge in [-0.2, -0.15) is 0 Å². The first-order valence-electron chi connectivity index (χ1n) is 7.41. The van der Waals surface area contributed by atoms with Crippen molar-refractivity contribution in [2.45, 2.75) is 4.90 Å². The predicted octanol–water partition coefficient (Wildman–Crippen LogP) is 0.783. The van der Waals surface area contributed by atoms with Crippen LogP contribution in [0.5, 0.6) is 0 Å². The molecule has 3 N–H and O–H groups in total. The van der Waals surface area contributed by atoms with Gasteiger partial charge in [0.1, 0.15) is 0 Å². The van der Waals surface area contributed by atoms with Crippen molar-refractivity contribution in [1.29, 1.82) is 0 Å². The highest BCUT2D eigenvalue weighted by Gasteiger charge is 2.22. The highest BCUT2D eigenvalue weighted by molar-refractivity contribution is 7.89. The summed E-state index contributed by atoms with van der Waals surface area (Å²) < 4.78 is 27.8. The molecule has 1 aromatic rings. The number of ether oxygens (including phenoxy) is 1. The second-order valence-electron chi connectivity index (χ2n) is 5.44. The van der Waals surface area contributed by atoms with Crippen LogP contribution in [-0.2, 0) is 14.8 Å². The van der Waals surface area contributed by atoms with Crippen molar-refractivity contribution >= 4 is 33.3 Å². The van der Waals surface area contributed by atoms with Gasteiger partial charge in [-0.05, 0) is 18.2 Å². The highest BCUT2D eigenvalue weighted by Crippen LogP contribution is 2.25. The minimum Gasteiger partial charge on any atom is -0.383 e. The Morgan fingerprint density at radius 2 is 2.00 bits per heavy atom. The zero-order chi connectivity index (χ0) is 17.7. The molecule has 0 unspecified atom stereocenters. The smallest absolute Gasteiger partial charge is 0.321 e. The molecule has 0 spiro atoms. The SMILES string of the molecule is COCCN1CCN(C(=O)Nc2cc(S(N)(=O)=O)ccc2Cl)CC1. The summed E-state index contributed by atoms with van der Waals surface area (Å²) in [5.41, 5.74) is 0.218. The van der Waals surface area contributed by atoms with Gasteiger partial charge in [0, 0.05) is 39.8 Å². The van der Waals surface area contributed by atoms with Gasteiger partial charge in [-0.1, -0.05) is 11.6 Å². The minimum atomic E-state index is -3.86. The van der Waals surface area contributed by atoms with E-state index in [4.69, 9.17) is 21.5 Å². The van der Waals surface area contributed by atoms with E-state index in [1.807, 2.05) is 0 Å². The number of nitrogens with one attached hydrogen (secondary N) is 1. The lowest BCUT2D eigenvalue weighted by Crippen LogP contribution is -2.50. The summed E-state index contributed by atoms with van der Waals surface area (Å²) in [5.74, 6) is 0. The quantitative estimate of drug-likeness (QED) is 0.790. The summed E-state index contributed by atoms with van der Waals surface area (Å²) in [7, 11) is -2.21. The van der Waals surface area contributed by atoms with Gasteiger partial charge in [-0.25, -0.2) is 18.4 Å². The number of primary sulfonamides is 1. The second-order valence-corrected chi connectivity index (χ2v) is 7.41. The molecule has 0 aliphatic carbocycles.